The molecule has 0 bridgehead atoms. The molecule has 0 radical (unpaired) electrons. The molecule has 0 aromatic heterocycles. The molecule has 1 unspecified atom stereocenters. The lowest BCUT2D eigenvalue weighted by Crippen LogP contribution is -2.42. The van der Waals surface area contributed by atoms with E-state index in [4.69, 9.17) is 0 Å². The Morgan fingerprint density at radius 1 is 1.28 bits per heavy atom. The number of rotatable bonds is 3. The zero-order valence-electron chi connectivity index (χ0n) is 10.4. The normalized spacial score (nSPS) is 18.0. The van der Waals surface area contributed by atoms with Crippen LogP contribution in [0, 0.1) is 6.92 Å². The summed E-state index contributed by atoms with van der Waals surface area (Å²) in [6.45, 7) is 1.99. The number of nitrogens with zero attached hydrogens (tertiary/aromatic N) is 1. The van der Waals surface area contributed by atoms with Gasteiger partial charge in [0.05, 0.1) is 12.6 Å². The summed E-state index contributed by atoms with van der Waals surface area (Å²) in [7, 11) is 0. The summed E-state index contributed by atoms with van der Waals surface area (Å²) in [5.41, 5.74) is 1.78. The lowest BCUT2D eigenvalue weighted by Gasteiger charge is -2.27. The number of carbonyl (C=O) groups excluding carboxylic acids is 2. The summed E-state index contributed by atoms with van der Waals surface area (Å²) in [4.78, 5) is 24.4. The number of hydrogen-bond donors (Lipinski definition) is 1. The molecule has 1 N–H and O–H groups in total. The van der Waals surface area contributed by atoms with E-state index < -0.39 is 6.10 Å². The van der Waals surface area contributed by atoms with E-state index in [1.165, 1.54) is 4.90 Å². The van der Waals surface area contributed by atoms with Gasteiger partial charge in [0.1, 0.15) is 0 Å². The fraction of sp³-hybridized carbons (Fsp3) is 0.429. The van der Waals surface area contributed by atoms with Crippen LogP contribution in [-0.2, 0) is 9.59 Å². The van der Waals surface area contributed by atoms with Crippen LogP contribution in [0.1, 0.15) is 36.5 Å². The number of carbonyl (C=O) groups is 2. The lowest BCUT2D eigenvalue weighted by molar-refractivity contribution is -0.149. The van der Waals surface area contributed by atoms with Crippen LogP contribution in [-0.4, -0.2) is 28.4 Å². The van der Waals surface area contributed by atoms with Gasteiger partial charge in [-0.1, -0.05) is 29.8 Å². The summed E-state index contributed by atoms with van der Waals surface area (Å²) in [6, 6.07) is 7.46. The molecule has 1 saturated heterocycles. The van der Waals surface area contributed by atoms with Crippen LogP contribution in [0.5, 0.6) is 0 Å². The van der Waals surface area contributed by atoms with Gasteiger partial charge in [-0.3, -0.25) is 14.5 Å². The first kappa shape index (κ1) is 12.8. The van der Waals surface area contributed by atoms with Gasteiger partial charge in [-0.05, 0) is 18.9 Å². The van der Waals surface area contributed by atoms with Crippen LogP contribution in [0.2, 0.25) is 0 Å². The average molecular weight is 247 g/mol. The second-order valence-electron chi connectivity index (χ2n) is 4.68. The Kier molecular flexibility index (Phi) is 3.77. The third kappa shape index (κ3) is 2.76. The van der Waals surface area contributed by atoms with Crippen LogP contribution < -0.4 is 0 Å². The Balaban J connectivity index is 2.08. The number of benzene rings is 1. The van der Waals surface area contributed by atoms with Crippen molar-refractivity contribution in [2.24, 2.45) is 0 Å². The largest absolute Gasteiger partial charge is 0.387 e. The molecule has 1 aliphatic heterocycles. The summed E-state index contributed by atoms with van der Waals surface area (Å²) < 4.78 is 0. The van der Waals surface area contributed by atoms with E-state index in [2.05, 4.69) is 0 Å². The predicted octanol–water partition coefficient (Wildman–Crippen LogP) is 1.57. The number of aryl methyl sites for hydroxylation is 1. The molecule has 0 aliphatic carbocycles. The highest BCUT2D eigenvalue weighted by Gasteiger charge is 2.27. The van der Waals surface area contributed by atoms with E-state index in [1.54, 1.807) is 6.07 Å². The van der Waals surface area contributed by atoms with Gasteiger partial charge in [-0.15, -0.1) is 0 Å². The van der Waals surface area contributed by atoms with Gasteiger partial charge in [0.2, 0.25) is 11.8 Å². The van der Waals surface area contributed by atoms with Gasteiger partial charge in [-0.25, -0.2) is 0 Å². The molecule has 1 aliphatic rings. The van der Waals surface area contributed by atoms with Crippen molar-refractivity contribution in [1.82, 2.24) is 4.90 Å². The fourth-order valence-electron chi connectivity index (χ4n) is 2.16. The third-order valence-electron chi connectivity index (χ3n) is 3.17. The maximum Gasteiger partial charge on any atom is 0.229 e. The van der Waals surface area contributed by atoms with Crippen molar-refractivity contribution in [2.75, 3.05) is 6.54 Å². The van der Waals surface area contributed by atoms with Crippen molar-refractivity contribution in [2.45, 2.75) is 32.3 Å². The quantitative estimate of drug-likeness (QED) is 0.825. The monoisotopic (exact) mass is 247 g/mol. The molecular formula is C14H17NO3. The van der Waals surface area contributed by atoms with Gasteiger partial charge in [0, 0.05) is 12.8 Å². The zero-order valence-corrected chi connectivity index (χ0v) is 10.4. The van der Waals surface area contributed by atoms with Gasteiger partial charge in [-0.2, -0.15) is 0 Å². The van der Waals surface area contributed by atoms with Gasteiger partial charge in [0.25, 0.3) is 0 Å². The average Bonchev–Trinajstić information content (AvgIpc) is 2.34. The minimum Gasteiger partial charge on any atom is -0.387 e. The highest BCUT2D eigenvalue weighted by atomic mass is 16.3. The first-order valence-electron chi connectivity index (χ1n) is 6.16. The van der Waals surface area contributed by atoms with E-state index in [-0.39, 0.29) is 18.4 Å². The van der Waals surface area contributed by atoms with Crippen molar-refractivity contribution in [1.29, 1.82) is 0 Å². The molecule has 1 fully saturated rings. The Hall–Kier alpha value is -1.68. The first-order valence-corrected chi connectivity index (χ1v) is 6.16. The first-order chi connectivity index (χ1) is 8.58. The van der Waals surface area contributed by atoms with E-state index in [0.29, 0.717) is 19.3 Å². The number of amides is 2. The van der Waals surface area contributed by atoms with Crippen LogP contribution in [0.4, 0.5) is 0 Å². The number of aliphatic hydroxyl groups is 1. The molecular weight excluding hydrogens is 230 g/mol. The third-order valence-corrected chi connectivity index (χ3v) is 3.17. The molecule has 4 nitrogen and oxygen atoms in total. The number of piperidine rings is 1. The number of β-amino-alcohol motifs (C(OH)–C–C–N with tert-alkyl or cyclic N) is 1. The smallest absolute Gasteiger partial charge is 0.229 e. The number of aliphatic hydroxyl groups excluding tert-OH is 1. The summed E-state index contributed by atoms with van der Waals surface area (Å²) >= 11 is 0. The Labute approximate surface area is 106 Å². The number of likely N-dealkylation sites (tertiary alicyclic amines) is 1. The molecule has 1 aromatic rings. The van der Waals surface area contributed by atoms with Crippen LogP contribution in [0.3, 0.4) is 0 Å². The highest BCUT2D eigenvalue weighted by Crippen LogP contribution is 2.19. The van der Waals surface area contributed by atoms with E-state index >= 15 is 0 Å². The lowest BCUT2D eigenvalue weighted by atomic mass is 10.0. The van der Waals surface area contributed by atoms with Crippen LogP contribution in [0.25, 0.3) is 0 Å². The van der Waals surface area contributed by atoms with Gasteiger partial charge in [0.15, 0.2) is 0 Å². The van der Waals surface area contributed by atoms with Crippen molar-refractivity contribution in [3.8, 4) is 0 Å². The molecule has 0 spiro atoms. The van der Waals surface area contributed by atoms with E-state index in [0.717, 1.165) is 11.1 Å². The summed E-state index contributed by atoms with van der Waals surface area (Å²) in [5.74, 6) is -0.365. The van der Waals surface area contributed by atoms with Crippen molar-refractivity contribution >= 4 is 11.8 Å². The second kappa shape index (κ2) is 5.31. The van der Waals surface area contributed by atoms with Gasteiger partial charge >= 0.3 is 0 Å². The van der Waals surface area contributed by atoms with Crippen LogP contribution >= 0.6 is 0 Å². The molecule has 1 atom stereocenters. The molecule has 4 heteroatoms. The molecule has 0 saturated carbocycles. The molecule has 96 valence electrons. The van der Waals surface area contributed by atoms with Crippen molar-refractivity contribution in [3.05, 3.63) is 35.4 Å². The minimum atomic E-state index is -0.809. The second-order valence-corrected chi connectivity index (χ2v) is 4.68. The molecule has 2 rings (SSSR count). The van der Waals surface area contributed by atoms with E-state index in [9.17, 15) is 14.7 Å². The highest BCUT2D eigenvalue weighted by molar-refractivity contribution is 5.97. The maximum atomic E-state index is 11.6. The molecule has 18 heavy (non-hydrogen) atoms. The zero-order chi connectivity index (χ0) is 13.1. The fourth-order valence-corrected chi connectivity index (χ4v) is 2.16. The number of hydrogen-bond acceptors (Lipinski definition) is 3. The molecule has 2 amide bonds. The van der Waals surface area contributed by atoms with Crippen molar-refractivity contribution in [3.63, 3.8) is 0 Å². The SMILES string of the molecule is Cc1cccc(C(O)CN2C(=O)CCCC2=O)c1. The standard InChI is InChI=1S/C14H17NO3/c1-10-4-2-5-11(8-10)12(16)9-15-13(17)6-3-7-14(15)18/h2,4-5,8,12,16H,3,6-7,9H2,1H3. The van der Waals surface area contributed by atoms with Crippen molar-refractivity contribution < 1.29 is 14.7 Å². The minimum absolute atomic E-state index is 0.0567. The van der Waals surface area contributed by atoms with Gasteiger partial charge < -0.3 is 5.11 Å². The summed E-state index contributed by atoms with van der Waals surface area (Å²) in [6.07, 6.45) is 0.601. The summed E-state index contributed by atoms with van der Waals surface area (Å²) in [5, 5.41) is 10.1. The van der Waals surface area contributed by atoms with E-state index in [1.807, 2.05) is 25.1 Å². The topological polar surface area (TPSA) is 57.6 Å². The number of imide groups is 1. The molecule has 1 heterocycles. The maximum absolute atomic E-state index is 11.6. The Bertz CT molecular complexity index is 454. The Morgan fingerprint density at radius 3 is 2.56 bits per heavy atom. The Morgan fingerprint density at radius 2 is 1.94 bits per heavy atom. The van der Waals surface area contributed by atoms with Crippen LogP contribution in [0.15, 0.2) is 24.3 Å². The predicted molar refractivity (Wildman–Crippen MR) is 66.7 cm³/mol. The molecule has 1 aromatic carbocycles.